The van der Waals surface area contributed by atoms with Gasteiger partial charge in [0.15, 0.2) is 0 Å². The second kappa shape index (κ2) is 9.70. The fraction of sp³-hybridized carbons (Fsp3) is 0.286. The van der Waals surface area contributed by atoms with Crippen molar-refractivity contribution in [1.29, 1.82) is 0 Å². The molecule has 1 heterocycles. The second-order valence-electron chi connectivity index (χ2n) is 6.34. The SMILES string of the molecule is CCOC(=O)/C(=C(/Nc1cccc(N2CCOCC2)c1)c1ccccc1)[N+](=O)[O-]. The molecular weight excluding hydrogens is 374 g/mol. The molecule has 2 aromatic rings. The van der Waals surface area contributed by atoms with Gasteiger partial charge >= 0.3 is 11.7 Å². The molecule has 29 heavy (non-hydrogen) atoms. The van der Waals surface area contributed by atoms with E-state index in [0.717, 1.165) is 18.8 Å². The molecule has 0 amide bonds. The zero-order chi connectivity index (χ0) is 20.6. The number of anilines is 2. The molecule has 0 bridgehead atoms. The lowest BCUT2D eigenvalue weighted by Crippen LogP contribution is -2.36. The third-order valence-corrected chi connectivity index (χ3v) is 4.44. The average molecular weight is 397 g/mol. The monoisotopic (exact) mass is 397 g/mol. The highest BCUT2D eigenvalue weighted by atomic mass is 16.6. The largest absolute Gasteiger partial charge is 0.458 e. The standard InChI is InChI=1S/C21H23N3O5/c1-2-29-21(25)20(24(26)27)19(16-7-4-3-5-8-16)22-17-9-6-10-18(15-17)23-11-13-28-14-12-23/h3-10,15,22H,2,11-14H2,1H3/b20-19-. The lowest BCUT2D eigenvalue weighted by Gasteiger charge is -2.29. The van der Waals surface area contributed by atoms with Crippen molar-refractivity contribution in [2.75, 3.05) is 43.1 Å². The van der Waals surface area contributed by atoms with Crippen molar-refractivity contribution in [3.05, 3.63) is 76.0 Å². The Labute approximate surface area is 168 Å². The molecule has 1 N–H and O–H groups in total. The van der Waals surface area contributed by atoms with Gasteiger partial charge < -0.3 is 19.7 Å². The molecule has 0 spiro atoms. The van der Waals surface area contributed by atoms with Crippen LogP contribution in [-0.2, 0) is 14.3 Å². The minimum Gasteiger partial charge on any atom is -0.458 e. The van der Waals surface area contributed by atoms with E-state index in [9.17, 15) is 14.9 Å². The summed E-state index contributed by atoms with van der Waals surface area (Å²) < 4.78 is 10.3. The van der Waals surface area contributed by atoms with Crippen molar-refractivity contribution in [2.45, 2.75) is 6.92 Å². The summed E-state index contributed by atoms with van der Waals surface area (Å²) in [6, 6.07) is 16.3. The minimum absolute atomic E-state index is 0.0464. The molecule has 1 saturated heterocycles. The molecule has 0 radical (unpaired) electrons. The van der Waals surface area contributed by atoms with E-state index in [1.165, 1.54) is 0 Å². The molecule has 0 atom stereocenters. The van der Waals surface area contributed by atoms with Gasteiger partial charge in [0, 0.05) is 30.0 Å². The predicted octanol–water partition coefficient (Wildman–Crippen LogP) is 3.14. The molecule has 3 rings (SSSR count). The number of hydrogen-bond donors (Lipinski definition) is 1. The van der Waals surface area contributed by atoms with Gasteiger partial charge in [0.2, 0.25) is 0 Å². The summed E-state index contributed by atoms with van der Waals surface area (Å²) in [4.78, 5) is 25.5. The van der Waals surface area contributed by atoms with Crippen molar-refractivity contribution in [2.24, 2.45) is 0 Å². The number of benzene rings is 2. The zero-order valence-corrected chi connectivity index (χ0v) is 16.2. The first-order valence-corrected chi connectivity index (χ1v) is 9.41. The van der Waals surface area contributed by atoms with Crippen molar-refractivity contribution >= 4 is 23.0 Å². The number of hydrogen-bond acceptors (Lipinski definition) is 7. The Hall–Kier alpha value is -3.39. The Morgan fingerprint density at radius 2 is 1.90 bits per heavy atom. The number of carbonyl (C=O) groups excluding carboxylic acids is 1. The molecule has 152 valence electrons. The number of nitro groups is 1. The quantitative estimate of drug-likeness (QED) is 0.332. The van der Waals surface area contributed by atoms with E-state index in [4.69, 9.17) is 9.47 Å². The van der Waals surface area contributed by atoms with Crippen LogP contribution in [0.1, 0.15) is 12.5 Å². The van der Waals surface area contributed by atoms with Crippen LogP contribution in [0.3, 0.4) is 0 Å². The number of morpholine rings is 1. The van der Waals surface area contributed by atoms with Gasteiger partial charge in [-0.1, -0.05) is 36.4 Å². The van der Waals surface area contributed by atoms with Crippen molar-refractivity contribution in [3.63, 3.8) is 0 Å². The first-order valence-electron chi connectivity index (χ1n) is 9.41. The lowest BCUT2D eigenvalue weighted by atomic mass is 10.1. The number of carbonyl (C=O) groups is 1. The van der Waals surface area contributed by atoms with Crippen LogP contribution in [-0.4, -0.2) is 43.8 Å². The van der Waals surface area contributed by atoms with Gasteiger partial charge in [-0.3, -0.25) is 10.1 Å². The van der Waals surface area contributed by atoms with E-state index in [0.29, 0.717) is 24.5 Å². The van der Waals surface area contributed by atoms with Crippen LogP contribution in [0.5, 0.6) is 0 Å². The summed E-state index contributed by atoms with van der Waals surface area (Å²) in [6.07, 6.45) is 0. The molecule has 1 fully saturated rings. The van der Waals surface area contributed by atoms with Gasteiger partial charge in [-0.25, -0.2) is 4.79 Å². The molecule has 1 aliphatic rings. The first-order chi connectivity index (χ1) is 14.1. The van der Waals surface area contributed by atoms with E-state index >= 15 is 0 Å². The topological polar surface area (TPSA) is 93.9 Å². The van der Waals surface area contributed by atoms with E-state index in [1.54, 1.807) is 43.3 Å². The Bertz CT molecular complexity index is 892. The summed E-state index contributed by atoms with van der Waals surface area (Å²) in [7, 11) is 0. The van der Waals surface area contributed by atoms with Gasteiger partial charge in [-0.15, -0.1) is 0 Å². The first kappa shape index (κ1) is 20.3. The Kier molecular flexibility index (Phi) is 6.80. The maximum Gasteiger partial charge on any atom is 0.412 e. The zero-order valence-electron chi connectivity index (χ0n) is 16.2. The molecule has 0 unspecified atom stereocenters. The Balaban J connectivity index is 2.01. The van der Waals surface area contributed by atoms with Crippen molar-refractivity contribution in [1.82, 2.24) is 0 Å². The summed E-state index contributed by atoms with van der Waals surface area (Å²) in [5.74, 6) is -0.979. The van der Waals surface area contributed by atoms with Gasteiger partial charge in [0.05, 0.1) is 24.7 Å². The number of rotatable bonds is 7. The third-order valence-electron chi connectivity index (χ3n) is 4.44. The summed E-state index contributed by atoms with van der Waals surface area (Å²) in [6.45, 7) is 4.51. The van der Waals surface area contributed by atoms with Crippen LogP contribution in [0.15, 0.2) is 60.3 Å². The Morgan fingerprint density at radius 1 is 1.17 bits per heavy atom. The van der Waals surface area contributed by atoms with E-state index < -0.39 is 16.6 Å². The molecule has 2 aromatic carbocycles. The molecule has 0 aromatic heterocycles. The highest BCUT2D eigenvalue weighted by molar-refractivity contribution is 5.98. The molecule has 0 aliphatic carbocycles. The molecule has 8 heteroatoms. The van der Waals surface area contributed by atoms with Crippen LogP contribution >= 0.6 is 0 Å². The second-order valence-corrected chi connectivity index (χ2v) is 6.34. The van der Waals surface area contributed by atoms with Gasteiger partial charge in [-0.2, -0.15) is 0 Å². The number of esters is 1. The van der Waals surface area contributed by atoms with Gasteiger partial charge in [0.25, 0.3) is 0 Å². The predicted molar refractivity (Wildman–Crippen MR) is 110 cm³/mol. The fourth-order valence-electron chi connectivity index (χ4n) is 3.09. The third kappa shape index (κ3) is 5.11. The maximum absolute atomic E-state index is 12.3. The Morgan fingerprint density at radius 3 is 2.55 bits per heavy atom. The van der Waals surface area contributed by atoms with E-state index in [1.807, 2.05) is 18.2 Å². The van der Waals surface area contributed by atoms with Crippen molar-refractivity contribution in [3.8, 4) is 0 Å². The number of nitrogens with zero attached hydrogens (tertiary/aromatic N) is 2. The fourth-order valence-corrected chi connectivity index (χ4v) is 3.09. The molecule has 1 aliphatic heterocycles. The van der Waals surface area contributed by atoms with Crippen LogP contribution in [0.2, 0.25) is 0 Å². The lowest BCUT2D eigenvalue weighted by molar-refractivity contribution is -0.420. The van der Waals surface area contributed by atoms with Crippen LogP contribution in [0.25, 0.3) is 5.70 Å². The van der Waals surface area contributed by atoms with Crippen LogP contribution in [0.4, 0.5) is 11.4 Å². The van der Waals surface area contributed by atoms with E-state index in [2.05, 4.69) is 10.2 Å². The number of nitrogens with one attached hydrogen (secondary N) is 1. The van der Waals surface area contributed by atoms with Gasteiger partial charge in [0.1, 0.15) is 5.70 Å². The van der Waals surface area contributed by atoms with E-state index in [-0.39, 0.29) is 12.3 Å². The van der Waals surface area contributed by atoms with Gasteiger partial charge in [-0.05, 0) is 25.1 Å². The normalized spacial score (nSPS) is 14.7. The minimum atomic E-state index is -0.979. The summed E-state index contributed by atoms with van der Waals surface area (Å²) in [5.41, 5.74) is 1.59. The average Bonchev–Trinajstić information content (AvgIpc) is 2.75. The van der Waals surface area contributed by atoms with Crippen molar-refractivity contribution < 1.29 is 19.2 Å². The highest BCUT2D eigenvalue weighted by Crippen LogP contribution is 2.26. The van der Waals surface area contributed by atoms with Crippen LogP contribution < -0.4 is 10.2 Å². The van der Waals surface area contributed by atoms with Crippen LogP contribution in [0, 0.1) is 10.1 Å². The highest BCUT2D eigenvalue weighted by Gasteiger charge is 2.30. The molecular formula is C21H23N3O5. The smallest absolute Gasteiger partial charge is 0.412 e. The maximum atomic E-state index is 12.3. The molecule has 0 saturated carbocycles. The summed E-state index contributed by atoms with van der Waals surface area (Å²) in [5, 5.41) is 14.8. The summed E-state index contributed by atoms with van der Waals surface area (Å²) >= 11 is 0. The number of ether oxygens (including phenoxy) is 2. The molecule has 8 nitrogen and oxygen atoms in total.